The molecule has 0 radical (unpaired) electrons. The second-order valence-corrected chi connectivity index (χ2v) is 8.38. The van der Waals surface area contributed by atoms with Crippen LogP contribution in [0.1, 0.15) is 43.4 Å². The third kappa shape index (κ3) is 5.83. The summed E-state index contributed by atoms with van der Waals surface area (Å²) >= 11 is 0. The van der Waals surface area contributed by atoms with Crippen molar-refractivity contribution in [1.29, 1.82) is 0 Å². The molecule has 2 atom stereocenters. The average molecular weight is 380 g/mol. The van der Waals surface area contributed by atoms with Crippen LogP contribution in [-0.2, 0) is 24.3 Å². The van der Waals surface area contributed by atoms with Gasteiger partial charge in [-0.05, 0) is 47.4 Å². The van der Waals surface area contributed by atoms with Gasteiger partial charge in [-0.1, -0.05) is 56.3 Å². The summed E-state index contributed by atoms with van der Waals surface area (Å²) < 4.78 is 0. The van der Waals surface area contributed by atoms with Crippen LogP contribution in [0.15, 0.2) is 48.5 Å². The maximum Gasteiger partial charge on any atom is 0.220 e. The maximum atomic E-state index is 12.3. The van der Waals surface area contributed by atoms with Gasteiger partial charge in [0.15, 0.2) is 0 Å². The molecule has 2 aromatic rings. The summed E-state index contributed by atoms with van der Waals surface area (Å²) in [5.41, 5.74) is 10.3. The number of nitrogens with two attached hydrogens (primary N) is 1. The summed E-state index contributed by atoms with van der Waals surface area (Å²) in [4.78, 5) is 14.9. The maximum absolute atomic E-state index is 12.3. The number of hydrogen-bond donors (Lipinski definition) is 2. The van der Waals surface area contributed by atoms with Crippen molar-refractivity contribution in [1.82, 2.24) is 10.2 Å². The van der Waals surface area contributed by atoms with Gasteiger partial charge in [-0.3, -0.25) is 9.69 Å². The highest BCUT2D eigenvalue weighted by Gasteiger charge is 2.22. The summed E-state index contributed by atoms with van der Waals surface area (Å²) in [6, 6.07) is 16.2. The Balaban J connectivity index is 1.53. The van der Waals surface area contributed by atoms with Crippen molar-refractivity contribution in [3.8, 4) is 0 Å². The highest BCUT2D eigenvalue weighted by Crippen LogP contribution is 2.23. The highest BCUT2D eigenvalue weighted by molar-refractivity contribution is 5.76. The number of anilines is 1. The summed E-state index contributed by atoms with van der Waals surface area (Å²) in [6.07, 6.45) is 2.45. The van der Waals surface area contributed by atoms with E-state index in [-0.39, 0.29) is 5.91 Å². The van der Waals surface area contributed by atoms with Gasteiger partial charge in [0.2, 0.25) is 5.91 Å². The predicted octanol–water partition coefficient (Wildman–Crippen LogP) is 4.00. The summed E-state index contributed by atoms with van der Waals surface area (Å²) in [5.74, 6) is 1.57. The molecule has 4 nitrogen and oxygen atoms in total. The molecule has 0 bridgehead atoms. The number of benzene rings is 2. The van der Waals surface area contributed by atoms with Gasteiger partial charge in [0, 0.05) is 38.3 Å². The molecule has 0 spiro atoms. The zero-order valence-electron chi connectivity index (χ0n) is 17.2. The van der Waals surface area contributed by atoms with Crippen LogP contribution in [0.4, 0.5) is 5.69 Å². The largest absolute Gasteiger partial charge is 0.399 e. The first-order chi connectivity index (χ1) is 13.5. The number of piperidine rings is 1. The third-order valence-corrected chi connectivity index (χ3v) is 5.61. The van der Waals surface area contributed by atoms with Gasteiger partial charge in [0.25, 0.3) is 0 Å². The van der Waals surface area contributed by atoms with Crippen LogP contribution in [0.5, 0.6) is 0 Å². The number of carbonyl (C=O) groups excluding carboxylic acids is 1. The molecule has 1 saturated heterocycles. The van der Waals surface area contributed by atoms with Crippen molar-refractivity contribution in [2.75, 3.05) is 18.8 Å². The average Bonchev–Trinajstić information content (AvgIpc) is 2.66. The molecule has 1 aliphatic heterocycles. The Kier molecular flexibility index (Phi) is 7.10. The molecule has 0 aliphatic carbocycles. The molecule has 1 fully saturated rings. The number of hydrogen-bond acceptors (Lipinski definition) is 3. The van der Waals surface area contributed by atoms with Gasteiger partial charge in [-0.25, -0.2) is 0 Å². The summed E-state index contributed by atoms with van der Waals surface area (Å²) in [5, 5.41) is 3.09. The minimum atomic E-state index is 0.0678. The fraction of sp³-hybridized carbons (Fsp3) is 0.458. The van der Waals surface area contributed by atoms with Crippen LogP contribution >= 0.6 is 0 Å². The first-order valence-corrected chi connectivity index (χ1v) is 10.4. The predicted molar refractivity (Wildman–Crippen MR) is 116 cm³/mol. The molecule has 2 unspecified atom stereocenters. The number of nitrogen functional groups attached to an aromatic ring is 1. The van der Waals surface area contributed by atoms with E-state index in [0.29, 0.717) is 19.4 Å². The fourth-order valence-corrected chi connectivity index (χ4v) is 4.34. The normalized spacial score (nSPS) is 20.1. The Labute approximate surface area is 169 Å². The van der Waals surface area contributed by atoms with Crippen LogP contribution in [0, 0.1) is 11.8 Å². The molecular weight excluding hydrogens is 346 g/mol. The van der Waals surface area contributed by atoms with Crippen LogP contribution < -0.4 is 11.1 Å². The van der Waals surface area contributed by atoms with Crippen molar-refractivity contribution < 1.29 is 4.79 Å². The molecule has 1 amide bonds. The molecule has 3 N–H and O–H groups in total. The Bertz CT molecular complexity index is 779. The number of aryl methyl sites for hydroxylation is 1. The Morgan fingerprint density at radius 3 is 2.29 bits per heavy atom. The van der Waals surface area contributed by atoms with E-state index in [4.69, 9.17) is 5.73 Å². The Morgan fingerprint density at radius 1 is 1.00 bits per heavy atom. The lowest BCUT2D eigenvalue weighted by atomic mass is 9.91. The number of amides is 1. The van der Waals surface area contributed by atoms with Gasteiger partial charge >= 0.3 is 0 Å². The fourth-order valence-electron chi connectivity index (χ4n) is 4.34. The molecule has 28 heavy (non-hydrogen) atoms. The van der Waals surface area contributed by atoms with Gasteiger partial charge in [-0.15, -0.1) is 0 Å². The minimum Gasteiger partial charge on any atom is -0.399 e. The topological polar surface area (TPSA) is 58.4 Å². The second-order valence-electron chi connectivity index (χ2n) is 8.38. The van der Waals surface area contributed by atoms with E-state index in [1.54, 1.807) is 0 Å². The molecule has 0 saturated carbocycles. The zero-order chi connectivity index (χ0) is 19.9. The van der Waals surface area contributed by atoms with Crippen molar-refractivity contribution >= 4 is 11.6 Å². The first kappa shape index (κ1) is 20.4. The molecule has 4 heteroatoms. The van der Waals surface area contributed by atoms with Crippen molar-refractivity contribution in [3.63, 3.8) is 0 Å². The van der Waals surface area contributed by atoms with Gasteiger partial charge in [-0.2, -0.15) is 0 Å². The van der Waals surface area contributed by atoms with Gasteiger partial charge < -0.3 is 11.1 Å². The monoisotopic (exact) mass is 379 g/mol. The molecule has 150 valence electrons. The summed E-state index contributed by atoms with van der Waals surface area (Å²) in [6.45, 7) is 8.54. The molecule has 1 aliphatic rings. The molecule has 3 rings (SSSR count). The van der Waals surface area contributed by atoms with Crippen LogP contribution in [0.25, 0.3) is 0 Å². The quantitative estimate of drug-likeness (QED) is 0.715. The van der Waals surface area contributed by atoms with Crippen molar-refractivity contribution in [2.24, 2.45) is 11.8 Å². The molecule has 2 aromatic carbocycles. The lowest BCUT2D eigenvalue weighted by molar-refractivity contribution is -0.121. The van der Waals surface area contributed by atoms with Gasteiger partial charge in [0.05, 0.1) is 0 Å². The Hall–Kier alpha value is -2.33. The zero-order valence-corrected chi connectivity index (χ0v) is 17.2. The third-order valence-electron chi connectivity index (χ3n) is 5.61. The van der Waals surface area contributed by atoms with Crippen molar-refractivity contribution in [3.05, 3.63) is 65.2 Å². The number of nitrogens with one attached hydrogen (secondary N) is 1. The first-order valence-electron chi connectivity index (χ1n) is 10.4. The van der Waals surface area contributed by atoms with E-state index in [0.717, 1.165) is 42.7 Å². The lowest BCUT2D eigenvalue weighted by Crippen LogP contribution is -2.38. The van der Waals surface area contributed by atoms with E-state index in [1.807, 2.05) is 24.3 Å². The number of nitrogens with zero attached hydrogens (tertiary/aromatic N) is 1. The number of rotatable bonds is 7. The van der Waals surface area contributed by atoms with Gasteiger partial charge in [0.1, 0.15) is 0 Å². The number of likely N-dealkylation sites (tertiary alicyclic amines) is 1. The number of para-hydroxylation sites is 1. The van der Waals surface area contributed by atoms with Crippen LogP contribution in [0.2, 0.25) is 0 Å². The minimum absolute atomic E-state index is 0.0678. The second kappa shape index (κ2) is 9.74. The molecule has 0 aromatic heterocycles. The van der Waals surface area contributed by atoms with Crippen molar-refractivity contribution in [2.45, 2.75) is 46.2 Å². The molecular formula is C24H33N3O. The van der Waals surface area contributed by atoms with E-state index < -0.39 is 0 Å². The lowest BCUT2D eigenvalue weighted by Gasteiger charge is -2.35. The standard InChI is InChI=1S/C24H33N3O/c1-18-13-19(2)16-27(15-18)17-22-9-4-3-8-21(22)14-26-24(28)12-11-20-7-5-6-10-23(20)25/h3-10,18-19H,11-17,25H2,1-2H3,(H,26,28). The van der Waals surface area contributed by atoms with E-state index in [2.05, 4.69) is 48.3 Å². The van der Waals surface area contributed by atoms with Crippen LogP contribution in [-0.4, -0.2) is 23.9 Å². The SMILES string of the molecule is CC1CC(C)CN(Cc2ccccc2CNC(=O)CCc2ccccc2N)C1. The van der Waals surface area contributed by atoms with Crippen LogP contribution in [0.3, 0.4) is 0 Å². The smallest absolute Gasteiger partial charge is 0.220 e. The van der Waals surface area contributed by atoms with E-state index in [9.17, 15) is 4.79 Å². The van der Waals surface area contributed by atoms with E-state index in [1.165, 1.54) is 17.5 Å². The van der Waals surface area contributed by atoms with E-state index >= 15 is 0 Å². The Morgan fingerprint density at radius 2 is 1.61 bits per heavy atom. The molecule has 1 heterocycles. The summed E-state index contributed by atoms with van der Waals surface area (Å²) in [7, 11) is 0. The number of carbonyl (C=O) groups is 1. The highest BCUT2D eigenvalue weighted by atomic mass is 16.1.